The van der Waals surface area contributed by atoms with Crippen molar-refractivity contribution in [2.24, 2.45) is 0 Å². The van der Waals surface area contributed by atoms with Gasteiger partial charge in [-0.25, -0.2) is 0 Å². The SMILES string of the molecule is COC1OC(C=O)C(O)C(OC2OC(C(=O)[O-])C(OC)C(O)C2O)C1NCC=O.COC1OC(CO)C(O)C(OC2OC(C(=O)[O-])C(OC)C(O)C2O)C1NCC=O.[Na+].[Na+]. The first-order chi connectivity index (χ1) is 27.6. The number of ether oxygens (including phenoxy) is 10. The first kappa shape index (κ1) is 57.2. The van der Waals surface area contributed by atoms with Crippen LogP contribution in [-0.2, 0) is 71.3 Å². The Kier molecular flexibility index (Phi) is 26.2. The van der Waals surface area contributed by atoms with E-state index in [0.29, 0.717) is 18.9 Å². The molecule has 20 unspecified atom stereocenters. The molecule has 26 nitrogen and oxygen atoms in total. The van der Waals surface area contributed by atoms with Crippen LogP contribution in [0.1, 0.15) is 0 Å². The van der Waals surface area contributed by atoms with E-state index >= 15 is 0 Å². The Bertz CT molecular complexity index is 1330. The van der Waals surface area contributed by atoms with Crippen LogP contribution in [0, 0.1) is 0 Å². The van der Waals surface area contributed by atoms with Crippen molar-refractivity contribution in [2.45, 2.75) is 123 Å². The number of aliphatic carboxylic acids is 2. The zero-order valence-corrected chi connectivity index (χ0v) is 37.5. The normalized spacial score (nSPS) is 41.6. The number of aldehydes is 3. The fourth-order valence-corrected chi connectivity index (χ4v) is 6.70. The summed E-state index contributed by atoms with van der Waals surface area (Å²) in [5.74, 6) is -3.43. The second-order valence-electron chi connectivity index (χ2n) is 13.0. The van der Waals surface area contributed by atoms with Crippen molar-refractivity contribution in [1.82, 2.24) is 10.6 Å². The van der Waals surface area contributed by atoms with Crippen LogP contribution < -0.4 is 80.0 Å². The van der Waals surface area contributed by atoms with E-state index in [0.717, 1.165) is 14.2 Å². The van der Waals surface area contributed by atoms with Crippen LogP contribution in [0.4, 0.5) is 0 Å². The number of rotatable bonds is 18. The van der Waals surface area contributed by atoms with Crippen molar-refractivity contribution in [1.29, 1.82) is 0 Å². The third-order valence-corrected chi connectivity index (χ3v) is 9.62. The molecular formula is C32H50N2Na2O24. The second kappa shape index (κ2) is 27.5. The topological polar surface area (TPSA) is 389 Å². The molecule has 0 spiro atoms. The molecule has 20 atom stereocenters. The predicted molar refractivity (Wildman–Crippen MR) is 175 cm³/mol. The van der Waals surface area contributed by atoms with Gasteiger partial charge in [0, 0.05) is 28.4 Å². The molecule has 60 heavy (non-hydrogen) atoms. The van der Waals surface area contributed by atoms with E-state index in [-0.39, 0.29) is 72.2 Å². The molecule has 334 valence electrons. The van der Waals surface area contributed by atoms with Gasteiger partial charge in [0.2, 0.25) is 0 Å². The molecule has 0 bridgehead atoms. The summed E-state index contributed by atoms with van der Waals surface area (Å²) in [5, 5.41) is 99.4. The minimum absolute atomic E-state index is 0. The molecule has 4 fully saturated rings. The Morgan fingerprint density at radius 3 is 1.30 bits per heavy atom. The van der Waals surface area contributed by atoms with Crippen molar-refractivity contribution >= 4 is 30.8 Å². The van der Waals surface area contributed by atoms with Crippen LogP contribution in [-0.4, -0.2) is 237 Å². The molecule has 0 aromatic heterocycles. The van der Waals surface area contributed by atoms with E-state index in [9.17, 15) is 69.9 Å². The van der Waals surface area contributed by atoms with Gasteiger partial charge in [-0.1, -0.05) is 0 Å². The van der Waals surface area contributed by atoms with Crippen LogP contribution in [0.15, 0.2) is 0 Å². The number of methoxy groups -OCH3 is 4. The number of carboxylic acid groups (broad SMARTS) is 2. The maximum atomic E-state index is 11.3. The quantitative estimate of drug-likeness (QED) is 0.0456. The summed E-state index contributed by atoms with van der Waals surface area (Å²) >= 11 is 0. The first-order valence-corrected chi connectivity index (χ1v) is 17.5. The smallest absolute Gasteiger partial charge is 0.547 e. The predicted octanol–water partition coefficient (Wildman–Crippen LogP) is -16.9. The van der Waals surface area contributed by atoms with Crippen LogP contribution >= 0.6 is 0 Å². The minimum atomic E-state index is -1.79. The number of nitrogens with one attached hydrogen (secondary N) is 2. The zero-order valence-electron chi connectivity index (χ0n) is 33.5. The van der Waals surface area contributed by atoms with Crippen molar-refractivity contribution in [3.05, 3.63) is 0 Å². The van der Waals surface area contributed by atoms with Crippen molar-refractivity contribution in [3.8, 4) is 0 Å². The van der Waals surface area contributed by atoms with E-state index in [4.69, 9.17) is 47.4 Å². The van der Waals surface area contributed by atoms with Gasteiger partial charge in [-0.15, -0.1) is 0 Å². The average Bonchev–Trinajstić information content (AvgIpc) is 3.21. The number of aliphatic hydroxyl groups is 7. The van der Waals surface area contributed by atoms with Crippen molar-refractivity contribution in [3.63, 3.8) is 0 Å². The van der Waals surface area contributed by atoms with Crippen molar-refractivity contribution < 1.29 is 176 Å². The Morgan fingerprint density at radius 2 is 0.967 bits per heavy atom. The number of carboxylic acids is 2. The number of hydrogen-bond donors (Lipinski definition) is 9. The third-order valence-electron chi connectivity index (χ3n) is 9.62. The molecule has 0 aromatic rings. The van der Waals surface area contributed by atoms with Gasteiger partial charge in [0.25, 0.3) is 0 Å². The molecule has 9 N–H and O–H groups in total. The molecule has 0 radical (unpaired) electrons. The maximum Gasteiger partial charge on any atom is 1.00 e. The van der Waals surface area contributed by atoms with Gasteiger partial charge >= 0.3 is 59.1 Å². The van der Waals surface area contributed by atoms with E-state index < -0.39 is 141 Å². The standard InChI is InChI=1S/C16H27NO12.C16H25NO12.2Na/c2*1-25-12-9(21)10(22)16(29-13(12)14(23)24)28-11-7(17-3-4-18)15(26-2)27-6(5-19)8(11)20;;/h4,6-13,15-17,19-22H,3,5H2,1-2H3,(H,23,24);4-13,15-17,20-22H,3H2,1-2H3,(H,23,24);;/q;;2*+1/p-2. The monoisotopic (exact) mass is 892 g/mol. The molecule has 28 heteroatoms. The maximum absolute atomic E-state index is 11.3. The molecule has 4 aliphatic rings. The Labute approximate surface area is 386 Å². The van der Waals surface area contributed by atoms with E-state index in [2.05, 4.69) is 10.6 Å². The fourth-order valence-electron chi connectivity index (χ4n) is 6.70. The molecule has 0 amide bonds. The number of aliphatic hydroxyl groups excluding tert-OH is 7. The molecule has 4 rings (SSSR count). The van der Waals surface area contributed by atoms with Gasteiger partial charge < -0.3 is 128 Å². The Hall–Kier alpha value is -0.810. The molecule has 0 aromatic carbocycles. The molecule has 4 aliphatic heterocycles. The second-order valence-corrected chi connectivity index (χ2v) is 13.0. The molecule has 0 aliphatic carbocycles. The number of hydrogen-bond acceptors (Lipinski definition) is 26. The summed E-state index contributed by atoms with van der Waals surface area (Å²) in [7, 11) is 4.77. The average molecular weight is 893 g/mol. The fraction of sp³-hybridized carbons (Fsp3) is 0.844. The van der Waals surface area contributed by atoms with Crippen LogP contribution in [0.3, 0.4) is 0 Å². The van der Waals surface area contributed by atoms with Gasteiger partial charge in [-0.2, -0.15) is 0 Å². The number of carbonyl (C=O) groups is 5. The van der Waals surface area contributed by atoms with Gasteiger partial charge in [0.05, 0.1) is 43.7 Å². The third kappa shape index (κ3) is 13.6. The largest absolute Gasteiger partial charge is 1.00 e. The van der Waals surface area contributed by atoms with Gasteiger partial charge in [-0.3, -0.25) is 0 Å². The van der Waals surface area contributed by atoms with Gasteiger partial charge in [0.15, 0.2) is 31.4 Å². The van der Waals surface area contributed by atoms with E-state index in [1.54, 1.807) is 0 Å². The summed E-state index contributed by atoms with van der Waals surface area (Å²) in [6, 6.07) is -2.00. The van der Waals surface area contributed by atoms with Crippen LogP contribution in [0.2, 0.25) is 0 Å². The van der Waals surface area contributed by atoms with Gasteiger partial charge in [0.1, 0.15) is 98.0 Å². The van der Waals surface area contributed by atoms with Crippen LogP contribution in [0.25, 0.3) is 0 Å². The minimum Gasteiger partial charge on any atom is -0.547 e. The van der Waals surface area contributed by atoms with Crippen LogP contribution in [0.5, 0.6) is 0 Å². The molecular weight excluding hydrogens is 842 g/mol. The zero-order chi connectivity index (χ0) is 43.4. The molecule has 4 heterocycles. The first-order valence-electron chi connectivity index (χ1n) is 17.5. The Morgan fingerprint density at radius 1 is 0.567 bits per heavy atom. The summed E-state index contributed by atoms with van der Waals surface area (Å²) in [5.41, 5.74) is 0. The van der Waals surface area contributed by atoms with Gasteiger partial charge in [-0.05, 0) is 0 Å². The summed E-state index contributed by atoms with van der Waals surface area (Å²) in [6.07, 6.45) is -25.9. The molecule has 4 saturated heterocycles. The number of carbonyl (C=O) groups excluding carboxylic acids is 5. The van der Waals surface area contributed by atoms with E-state index in [1.807, 2.05) is 0 Å². The van der Waals surface area contributed by atoms with Crippen molar-refractivity contribution in [2.75, 3.05) is 48.1 Å². The summed E-state index contributed by atoms with van der Waals surface area (Å²) in [6.45, 7) is -0.976. The molecule has 0 saturated carbocycles. The summed E-state index contributed by atoms with van der Waals surface area (Å²) in [4.78, 5) is 55.4. The van der Waals surface area contributed by atoms with E-state index in [1.165, 1.54) is 14.2 Å². The summed E-state index contributed by atoms with van der Waals surface area (Å²) < 4.78 is 52.2. The Balaban J connectivity index is 0.000000581.